The zero-order valence-electron chi connectivity index (χ0n) is 12.4. The van der Waals surface area contributed by atoms with Crippen LogP contribution in [0.25, 0.3) is 0 Å². The number of rotatable bonds is 7. The Balaban J connectivity index is 1.73. The summed E-state index contributed by atoms with van der Waals surface area (Å²) in [5.41, 5.74) is 1.21. The van der Waals surface area contributed by atoms with Gasteiger partial charge in [0.2, 0.25) is 0 Å². The fraction of sp³-hybridized carbons (Fsp3) is 0.600. The lowest BCUT2D eigenvalue weighted by molar-refractivity contribution is -0.906. The molecule has 2 N–H and O–H groups in total. The van der Waals surface area contributed by atoms with E-state index in [1.165, 1.54) is 5.56 Å². The zero-order chi connectivity index (χ0) is 14.2. The summed E-state index contributed by atoms with van der Waals surface area (Å²) in [6, 6.07) is 6.03. The van der Waals surface area contributed by atoms with Crippen LogP contribution in [0.3, 0.4) is 0 Å². The minimum Gasteiger partial charge on any atom is -0.493 e. The predicted molar refractivity (Wildman–Crippen MR) is 77.6 cm³/mol. The van der Waals surface area contributed by atoms with Crippen LogP contribution >= 0.6 is 0 Å². The van der Waals surface area contributed by atoms with Gasteiger partial charge in [-0.1, -0.05) is 6.07 Å². The quantitative estimate of drug-likeness (QED) is 0.674. The van der Waals surface area contributed by atoms with E-state index >= 15 is 0 Å². The largest absolute Gasteiger partial charge is 0.493 e. The lowest BCUT2D eigenvalue weighted by atomic mass is 10.2. The van der Waals surface area contributed by atoms with Gasteiger partial charge in [0, 0.05) is 13.1 Å². The molecule has 0 spiro atoms. The van der Waals surface area contributed by atoms with Crippen molar-refractivity contribution in [3.05, 3.63) is 23.8 Å². The number of methoxy groups -OCH3 is 2. The summed E-state index contributed by atoms with van der Waals surface area (Å²) < 4.78 is 15.9. The van der Waals surface area contributed by atoms with Gasteiger partial charge in [0.15, 0.2) is 11.5 Å². The third-order valence-electron chi connectivity index (χ3n) is 3.63. The molecular weight excluding hydrogens is 256 g/mol. The van der Waals surface area contributed by atoms with Gasteiger partial charge in [-0.15, -0.1) is 0 Å². The normalized spacial score (nSPS) is 16.1. The highest BCUT2D eigenvalue weighted by Gasteiger charge is 2.12. The standard InChI is InChI=1S/C15H24N2O3/c1-18-14-4-3-13(11-15(14)19-2)12-16-5-6-17-7-9-20-10-8-17/h3-4,11,16H,5-10,12H2,1-2H3/p+1. The topological polar surface area (TPSA) is 44.2 Å². The highest BCUT2D eigenvalue weighted by Crippen LogP contribution is 2.27. The van der Waals surface area contributed by atoms with E-state index in [1.54, 1.807) is 19.1 Å². The molecule has 0 aliphatic carbocycles. The van der Waals surface area contributed by atoms with Crippen LogP contribution in [0.4, 0.5) is 0 Å². The molecular formula is C15H25N2O3+. The van der Waals surface area contributed by atoms with Gasteiger partial charge in [-0.05, 0) is 17.7 Å². The summed E-state index contributed by atoms with van der Waals surface area (Å²) in [5, 5.41) is 3.48. The highest BCUT2D eigenvalue weighted by atomic mass is 16.5. The van der Waals surface area contributed by atoms with Crippen LogP contribution in [0, 0.1) is 0 Å². The minimum atomic E-state index is 0.772. The maximum Gasteiger partial charge on any atom is 0.161 e. The molecule has 0 unspecified atom stereocenters. The molecule has 0 saturated carbocycles. The molecule has 5 heteroatoms. The lowest BCUT2D eigenvalue weighted by Gasteiger charge is -2.23. The Labute approximate surface area is 120 Å². The second-order valence-electron chi connectivity index (χ2n) is 4.98. The first-order valence-corrected chi connectivity index (χ1v) is 7.16. The minimum absolute atomic E-state index is 0.772. The van der Waals surface area contributed by atoms with E-state index in [-0.39, 0.29) is 0 Å². The molecule has 0 radical (unpaired) electrons. The molecule has 20 heavy (non-hydrogen) atoms. The van der Waals surface area contributed by atoms with Gasteiger partial charge in [0.05, 0.1) is 34.0 Å². The number of morpholine rings is 1. The summed E-state index contributed by atoms with van der Waals surface area (Å²) in [7, 11) is 3.32. The molecule has 1 heterocycles. The molecule has 1 fully saturated rings. The van der Waals surface area contributed by atoms with Crippen molar-refractivity contribution in [2.45, 2.75) is 6.54 Å². The van der Waals surface area contributed by atoms with Crippen molar-refractivity contribution in [2.75, 3.05) is 53.6 Å². The number of quaternary nitrogens is 1. The number of benzene rings is 1. The molecule has 2 rings (SSSR count). The summed E-state index contributed by atoms with van der Waals surface area (Å²) in [6.07, 6.45) is 0. The lowest BCUT2D eigenvalue weighted by Crippen LogP contribution is -3.14. The molecule has 1 aromatic rings. The van der Waals surface area contributed by atoms with Gasteiger partial charge in [-0.2, -0.15) is 0 Å². The van der Waals surface area contributed by atoms with Crippen LogP contribution in [0.5, 0.6) is 11.5 Å². The fourth-order valence-electron chi connectivity index (χ4n) is 2.40. The van der Waals surface area contributed by atoms with E-state index in [2.05, 4.69) is 11.4 Å². The van der Waals surface area contributed by atoms with Crippen LogP contribution in [0.2, 0.25) is 0 Å². The molecule has 0 bridgehead atoms. The summed E-state index contributed by atoms with van der Waals surface area (Å²) in [4.78, 5) is 1.62. The van der Waals surface area contributed by atoms with Crippen LogP contribution < -0.4 is 19.7 Å². The molecule has 1 saturated heterocycles. The predicted octanol–water partition coefficient (Wildman–Crippen LogP) is -0.291. The zero-order valence-corrected chi connectivity index (χ0v) is 12.4. The Morgan fingerprint density at radius 3 is 2.60 bits per heavy atom. The fourth-order valence-corrected chi connectivity index (χ4v) is 2.40. The molecule has 1 aliphatic rings. The molecule has 1 aromatic carbocycles. The van der Waals surface area contributed by atoms with Crippen molar-refractivity contribution in [3.63, 3.8) is 0 Å². The van der Waals surface area contributed by atoms with Gasteiger partial charge in [0.25, 0.3) is 0 Å². The molecule has 1 aliphatic heterocycles. The number of hydrogen-bond acceptors (Lipinski definition) is 4. The van der Waals surface area contributed by atoms with Crippen molar-refractivity contribution in [3.8, 4) is 11.5 Å². The summed E-state index contributed by atoms with van der Waals surface area (Å²) >= 11 is 0. The second-order valence-corrected chi connectivity index (χ2v) is 4.98. The Hall–Kier alpha value is -1.30. The van der Waals surface area contributed by atoms with Crippen molar-refractivity contribution in [1.29, 1.82) is 0 Å². The molecule has 0 amide bonds. The smallest absolute Gasteiger partial charge is 0.161 e. The first-order valence-electron chi connectivity index (χ1n) is 7.16. The van der Waals surface area contributed by atoms with Crippen molar-refractivity contribution in [2.24, 2.45) is 0 Å². The molecule has 112 valence electrons. The van der Waals surface area contributed by atoms with E-state index < -0.39 is 0 Å². The Morgan fingerprint density at radius 2 is 1.90 bits per heavy atom. The Morgan fingerprint density at radius 1 is 1.15 bits per heavy atom. The molecule has 0 atom stereocenters. The number of hydrogen-bond donors (Lipinski definition) is 2. The van der Waals surface area contributed by atoms with Gasteiger partial charge in [-0.25, -0.2) is 0 Å². The van der Waals surface area contributed by atoms with Crippen LogP contribution in [-0.2, 0) is 11.3 Å². The maximum absolute atomic E-state index is 5.36. The van der Waals surface area contributed by atoms with Crippen molar-refractivity contribution < 1.29 is 19.1 Å². The average Bonchev–Trinajstić information content (AvgIpc) is 2.52. The van der Waals surface area contributed by atoms with Gasteiger partial charge >= 0.3 is 0 Å². The average molecular weight is 281 g/mol. The van der Waals surface area contributed by atoms with Crippen LogP contribution in [-0.4, -0.2) is 53.6 Å². The van der Waals surface area contributed by atoms with Crippen molar-refractivity contribution in [1.82, 2.24) is 5.32 Å². The third kappa shape index (κ3) is 4.37. The van der Waals surface area contributed by atoms with E-state index in [0.717, 1.165) is 57.4 Å². The first kappa shape index (κ1) is 15.1. The molecule has 0 aromatic heterocycles. The third-order valence-corrected chi connectivity index (χ3v) is 3.63. The monoisotopic (exact) mass is 281 g/mol. The van der Waals surface area contributed by atoms with Gasteiger partial charge in [0.1, 0.15) is 13.1 Å². The maximum atomic E-state index is 5.36. The highest BCUT2D eigenvalue weighted by molar-refractivity contribution is 5.42. The van der Waals surface area contributed by atoms with E-state index in [4.69, 9.17) is 14.2 Å². The Bertz CT molecular complexity index is 406. The van der Waals surface area contributed by atoms with E-state index in [1.807, 2.05) is 12.1 Å². The SMILES string of the molecule is COc1ccc(CNCC[NH+]2CCOCC2)cc1OC. The van der Waals surface area contributed by atoms with Gasteiger partial charge < -0.3 is 24.4 Å². The molecule has 5 nitrogen and oxygen atoms in total. The van der Waals surface area contributed by atoms with E-state index in [9.17, 15) is 0 Å². The van der Waals surface area contributed by atoms with Crippen LogP contribution in [0.15, 0.2) is 18.2 Å². The second kappa shape index (κ2) is 8.09. The summed E-state index contributed by atoms with van der Waals surface area (Å²) in [5.74, 6) is 1.56. The number of ether oxygens (including phenoxy) is 3. The first-order chi connectivity index (χ1) is 9.83. The number of nitrogens with one attached hydrogen (secondary N) is 2. The summed E-state index contributed by atoms with van der Waals surface area (Å²) in [6.45, 7) is 7.05. The van der Waals surface area contributed by atoms with Crippen molar-refractivity contribution >= 4 is 0 Å². The van der Waals surface area contributed by atoms with Gasteiger partial charge in [-0.3, -0.25) is 0 Å². The Kier molecular flexibility index (Phi) is 6.11. The van der Waals surface area contributed by atoms with Crippen LogP contribution in [0.1, 0.15) is 5.56 Å². The van der Waals surface area contributed by atoms with E-state index in [0.29, 0.717) is 0 Å².